The van der Waals surface area contributed by atoms with Crippen LogP contribution in [0.1, 0.15) is 32.8 Å². The molecule has 0 radical (unpaired) electrons. The molecule has 0 fully saturated rings. The smallest absolute Gasteiger partial charge is 0.287 e. The molecule has 3 aromatic heterocycles. The van der Waals surface area contributed by atoms with Crippen LogP contribution >= 0.6 is 0 Å². The average molecular weight is 427 g/mol. The van der Waals surface area contributed by atoms with E-state index in [9.17, 15) is 18.3 Å². The van der Waals surface area contributed by atoms with Gasteiger partial charge < -0.3 is 10.4 Å². The average Bonchev–Trinajstić information content (AvgIpc) is 2.67. The van der Waals surface area contributed by atoms with E-state index in [0.29, 0.717) is 24.0 Å². The number of rotatable bonds is 3. The van der Waals surface area contributed by atoms with E-state index in [1.165, 1.54) is 23.0 Å². The summed E-state index contributed by atoms with van der Waals surface area (Å²) in [6.45, 7) is 6.52. The summed E-state index contributed by atoms with van der Waals surface area (Å²) in [5.41, 5.74) is -0.260. The molecule has 0 saturated heterocycles. The van der Waals surface area contributed by atoms with Gasteiger partial charge in [0.1, 0.15) is 21.9 Å². The second-order valence-corrected chi connectivity index (χ2v) is 9.85. The second-order valence-electron chi connectivity index (χ2n) is 8.28. The molecule has 0 bridgehead atoms. The third kappa shape index (κ3) is 3.43. The Balaban J connectivity index is 1.97. The summed E-state index contributed by atoms with van der Waals surface area (Å²) < 4.78 is 30.4. The highest BCUT2D eigenvalue weighted by Gasteiger charge is 2.30. The van der Waals surface area contributed by atoms with Crippen LogP contribution in [0.3, 0.4) is 0 Å². The molecule has 9 nitrogen and oxygen atoms in total. The molecule has 0 aliphatic carbocycles. The Kier molecular flexibility index (Phi) is 4.61. The quantitative estimate of drug-likeness (QED) is 0.657. The first-order valence-corrected chi connectivity index (χ1v) is 10.8. The van der Waals surface area contributed by atoms with Gasteiger partial charge in [0.15, 0.2) is 5.84 Å². The minimum absolute atomic E-state index is 0.0471. The van der Waals surface area contributed by atoms with Crippen LogP contribution in [0, 0.1) is 5.41 Å². The molecule has 4 rings (SSSR count). The highest BCUT2D eigenvalue weighted by Crippen LogP contribution is 2.31. The Labute approximate surface area is 173 Å². The number of aromatic nitrogens is 3. The van der Waals surface area contributed by atoms with Crippen molar-refractivity contribution in [3.8, 4) is 5.75 Å². The summed E-state index contributed by atoms with van der Waals surface area (Å²) in [5.74, 6) is -0.597. The molecule has 1 aliphatic heterocycles. The van der Waals surface area contributed by atoms with Crippen molar-refractivity contribution >= 4 is 32.6 Å². The summed E-state index contributed by atoms with van der Waals surface area (Å²) in [5, 5.41) is 14.1. The lowest BCUT2D eigenvalue weighted by atomic mass is 9.92. The predicted octanol–water partition coefficient (Wildman–Crippen LogP) is 2.49. The Morgan fingerprint density at radius 1 is 1.20 bits per heavy atom. The van der Waals surface area contributed by atoms with E-state index in [1.54, 1.807) is 18.3 Å². The molecule has 10 heteroatoms. The van der Waals surface area contributed by atoms with Crippen molar-refractivity contribution in [2.45, 2.75) is 38.6 Å². The van der Waals surface area contributed by atoms with Gasteiger partial charge in [-0.05, 0) is 30.0 Å². The molecular weight excluding hydrogens is 406 g/mol. The van der Waals surface area contributed by atoms with E-state index in [-0.39, 0.29) is 33.1 Å². The Bertz CT molecular complexity index is 1350. The zero-order valence-electron chi connectivity index (χ0n) is 16.7. The van der Waals surface area contributed by atoms with Gasteiger partial charge in [-0.3, -0.25) is 14.3 Å². The molecule has 0 aromatic carbocycles. The molecule has 0 spiro atoms. The standard InChI is InChI=1S/C20H21N5O4S/c1-20(2,3)7-10-25-18-12(5-4-8-22-18)16(26)15(19(25)27)17-23-13-6-9-21-11-14(13)30(28,29)24-17/h4-6,8-9,11,26H,7,10H2,1-3H3,(H,23,24). The molecule has 156 valence electrons. The van der Waals surface area contributed by atoms with Gasteiger partial charge in [0.25, 0.3) is 15.6 Å². The highest BCUT2D eigenvalue weighted by atomic mass is 32.2. The van der Waals surface area contributed by atoms with Crippen molar-refractivity contribution in [3.63, 3.8) is 0 Å². The fourth-order valence-electron chi connectivity index (χ4n) is 3.25. The van der Waals surface area contributed by atoms with Crippen LogP contribution in [0.15, 0.2) is 50.9 Å². The van der Waals surface area contributed by atoms with Gasteiger partial charge >= 0.3 is 0 Å². The minimum Gasteiger partial charge on any atom is -0.506 e. The van der Waals surface area contributed by atoms with Crippen LogP contribution in [0.5, 0.6) is 5.75 Å². The number of amidine groups is 1. The van der Waals surface area contributed by atoms with Crippen LogP contribution in [-0.4, -0.2) is 33.9 Å². The lowest BCUT2D eigenvalue weighted by molar-refractivity contribution is 0.350. The molecule has 1 aliphatic rings. The summed E-state index contributed by atoms with van der Waals surface area (Å²) in [6.07, 6.45) is 4.83. The molecule has 0 atom stereocenters. The first-order valence-electron chi connectivity index (χ1n) is 9.35. The Morgan fingerprint density at radius 3 is 2.70 bits per heavy atom. The van der Waals surface area contributed by atoms with Crippen molar-refractivity contribution in [3.05, 3.63) is 52.7 Å². The number of nitrogens with one attached hydrogen (secondary N) is 1. The summed E-state index contributed by atoms with van der Waals surface area (Å²) in [7, 11) is -4.09. The topological polar surface area (TPSA) is 127 Å². The molecule has 0 amide bonds. The number of sulfonamides is 1. The van der Waals surface area contributed by atoms with Crippen LogP contribution in [0.2, 0.25) is 0 Å². The molecule has 4 heterocycles. The summed E-state index contributed by atoms with van der Waals surface area (Å²) in [4.78, 5) is 21.4. The highest BCUT2D eigenvalue weighted by molar-refractivity contribution is 7.90. The van der Waals surface area contributed by atoms with Crippen molar-refractivity contribution in [2.75, 3.05) is 5.32 Å². The van der Waals surface area contributed by atoms with Gasteiger partial charge in [0.05, 0.1) is 11.1 Å². The maximum atomic E-state index is 13.4. The minimum atomic E-state index is -4.09. The monoisotopic (exact) mass is 427 g/mol. The zero-order valence-corrected chi connectivity index (χ0v) is 17.6. The van der Waals surface area contributed by atoms with Gasteiger partial charge in [-0.1, -0.05) is 20.8 Å². The second kappa shape index (κ2) is 6.91. The van der Waals surface area contributed by atoms with Crippen LogP contribution < -0.4 is 10.9 Å². The zero-order chi connectivity index (χ0) is 21.7. The molecule has 30 heavy (non-hydrogen) atoms. The summed E-state index contributed by atoms with van der Waals surface area (Å²) in [6, 6.07) is 4.74. The van der Waals surface area contributed by atoms with Crippen molar-refractivity contribution in [1.29, 1.82) is 0 Å². The number of nitrogens with zero attached hydrogens (tertiary/aromatic N) is 4. The Hall–Kier alpha value is -3.27. The van der Waals surface area contributed by atoms with Gasteiger partial charge in [-0.15, -0.1) is 4.40 Å². The number of aryl methyl sites for hydroxylation is 1. The van der Waals surface area contributed by atoms with E-state index in [1.807, 2.05) is 0 Å². The number of anilines is 1. The van der Waals surface area contributed by atoms with Crippen molar-refractivity contribution in [2.24, 2.45) is 9.81 Å². The number of hydrogen-bond donors (Lipinski definition) is 2. The third-order valence-corrected chi connectivity index (χ3v) is 6.15. The van der Waals surface area contributed by atoms with Gasteiger partial charge in [-0.25, -0.2) is 4.98 Å². The normalized spacial score (nSPS) is 15.4. The molecule has 0 saturated carbocycles. The first kappa shape index (κ1) is 20.0. The molecule has 2 N–H and O–H groups in total. The lowest BCUT2D eigenvalue weighted by Crippen LogP contribution is -2.33. The fourth-order valence-corrected chi connectivity index (χ4v) is 4.32. The van der Waals surface area contributed by atoms with E-state index in [4.69, 9.17) is 0 Å². The predicted molar refractivity (Wildman–Crippen MR) is 113 cm³/mol. The summed E-state index contributed by atoms with van der Waals surface area (Å²) >= 11 is 0. The first-order chi connectivity index (χ1) is 14.1. The maximum absolute atomic E-state index is 13.4. The number of hydrogen-bond acceptors (Lipinski definition) is 7. The van der Waals surface area contributed by atoms with E-state index in [0.717, 1.165) is 0 Å². The van der Waals surface area contributed by atoms with Crippen LogP contribution in [0.25, 0.3) is 11.0 Å². The number of aromatic hydroxyl groups is 1. The van der Waals surface area contributed by atoms with Gasteiger partial charge in [0.2, 0.25) is 0 Å². The molecule has 3 aromatic rings. The Morgan fingerprint density at radius 2 is 1.97 bits per heavy atom. The van der Waals surface area contributed by atoms with Gasteiger partial charge in [-0.2, -0.15) is 8.42 Å². The van der Waals surface area contributed by atoms with E-state index >= 15 is 0 Å². The fraction of sp³-hybridized carbons (Fsp3) is 0.300. The van der Waals surface area contributed by atoms with E-state index in [2.05, 4.69) is 40.5 Å². The van der Waals surface area contributed by atoms with Gasteiger partial charge in [0, 0.05) is 25.1 Å². The number of fused-ring (bicyclic) bond motifs is 2. The lowest BCUT2D eigenvalue weighted by Gasteiger charge is -2.22. The molecular formula is C20H21N5O4S. The van der Waals surface area contributed by atoms with Crippen LogP contribution in [0.4, 0.5) is 5.69 Å². The number of pyridine rings is 3. The molecule has 0 unspecified atom stereocenters. The maximum Gasteiger partial charge on any atom is 0.287 e. The van der Waals surface area contributed by atoms with E-state index < -0.39 is 15.6 Å². The largest absolute Gasteiger partial charge is 0.506 e. The third-order valence-electron chi connectivity index (χ3n) is 4.84. The van der Waals surface area contributed by atoms with Crippen molar-refractivity contribution < 1.29 is 13.5 Å². The van der Waals surface area contributed by atoms with Crippen LogP contribution in [-0.2, 0) is 16.6 Å². The SMILES string of the molecule is CC(C)(C)CCn1c(=O)c(C2=NS(=O)(=O)c3cnccc3N2)c(O)c2cccnc21. The van der Waals surface area contributed by atoms with Crippen molar-refractivity contribution in [1.82, 2.24) is 14.5 Å².